The van der Waals surface area contributed by atoms with E-state index >= 15 is 0 Å². The van der Waals surface area contributed by atoms with Gasteiger partial charge >= 0.3 is 5.97 Å². The van der Waals surface area contributed by atoms with Gasteiger partial charge in [0.25, 0.3) is 0 Å². The van der Waals surface area contributed by atoms with Crippen LogP contribution in [0.4, 0.5) is 0 Å². The van der Waals surface area contributed by atoms with Gasteiger partial charge in [0, 0.05) is 17.1 Å². The summed E-state index contributed by atoms with van der Waals surface area (Å²) in [7, 11) is 1.41. The molecule has 3 rings (SSSR count). The van der Waals surface area contributed by atoms with Gasteiger partial charge in [0.2, 0.25) is 0 Å². The summed E-state index contributed by atoms with van der Waals surface area (Å²) in [6.45, 7) is 2.13. The van der Waals surface area contributed by atoms with Crippen molar-refractivity contribution in [2.75, 3.05) is 20.2 Å². The summed E-state index contributed by atoms with van der Waals surface area (Å²) in [5.74, 6) is 0.294. The number of methoxy groups -OCH3 is 1. The average molecular weight is 258 g/mol. The molecule has 4 nitrogen and oxygen atoms in total. The van der Waals surface area contributed by atoms with Crippen molar-refractivity contribution in [2.45, 2.75) is 18.8 Å². The molecule has 0 amide bonds. The Hall–Kier alpha value is -1.81. The molecule has 100 valence electrons. The minimum Gasteiger partial charge on any atom is -0.465 e. The lowest BCUT2D eigenvalue weighted by molar-refractivity contribution is 0.0601. The molecule has 0 spiro atoms. The van der Waals surface area contributed by atoms with Crippen LogP contribution >= 0.6 is 0 Å². The van der Waals surface area contributed by atoms with E-state index in [1.165, 1.54) is 12.7 Å². The van der Waals surface area contributed by atoms with Gasteiger partial charge in [0.15, 0.2) is 0 Å². The molecule has 2 aromatic rings. The maximum Gasteiger partial charge on any atom is 0.337 e. The summed E-state index contributed by atoms with van der Waals surface area (Å²) in [6, 6.07) is 5.69. The number of hydrogen-bond donors (Lipinski definition) is 2. The number of aromatic nitrogens is 1. The van der Waals surface area contributed by atoms with Crippen molar-refractivity contribution in [1.29, 1.82) is 0 Å². The predicted molar refractivity (Wildman–Crippen MR) is 74.5 cm³/mol. The molecule has 1 saturated heterocycles. The van der Waals surface area contributed by atoms with Crippen LogP contribution in [0.1, 0.15) is 34.7 Å². The first kappa shape index (κ1) is 12.2. The van der Waals surface area contributed by atoms with E-state index in [1.54, 1.807) is 6.07 Å². The highest BCUT2D eigenvalue weighted by atomic mass is 16.5. The number of fused-ring (bicyclic) bond motifs is 1. The lowest BCUT2D eigenvalue weighted by atomic mass is 9.90. The number of aromatic amines is 1. The topological polar surface area (TPSA) is 54.1 Å². The highest BCUT2D eigenvalue weighted by Crippen LogP contribution is 2.31. The summed E-state index contributed by atoms with van der Waals surface area (Å²) in [5.41, 5.74) is 3.02. The van der Waals surface area contributed by atoms with Crippen LogP contribution in [0.5, 0.6) is 0 Å². The van der Waals surface area contributed by atoms with Gasteiger partial charge in [-0.3, -0.25) is 0 Å². The summed E-state index contributed by atoms with van der Waals surface area (Å²) in [5, 5.41) is 4.53. The number of carbonyl (C=O) groups is 1. The molecule has 1 aromatic heterocycles. The zero-order chi connectivity index (χ0) is 13.2. The van der Waals surface area contributed by atoms with Gasteiger partial charge in [-0.2, -0.15) is 0 Å². The molecule has 1 aliphatic rings. The molecule has 0 atom stereocenters. The van der Waals surface area contributed by atoms with Crippen molar-refractivity contribution in [3.05, 3.63) is 35.5 Å². The van der Waals surface area contributed by atoms with E-state index in [2.05, 4.69) is 16.5 Å². The fraction of sp³-hybridized carbons (Fsp3) is 0.400. The number of hydrogen-bond acceptors (Lipinski definition) is 3. The van der Waals surface area contributed by atoms with Crippen LogP contribution in [0.15, 0.2) is 24.4 Å². The van der Waals surface area contributed by atoms with E-state index in [-0.39, 0.29) is 5.97 Å². The first-order valence-corrected chi connectivity index (χ1v) is 6.69. The number of carbonyl (C=O) groups excluding carboxylic acids is 1. The number of benzene rings is 1. The van der Waals surface area contributed by atoms with Crippen molar-refractivity contribution in [1.82, 2.24) is 10.3 Å². The Balaban J connectivity index is 2.02. The SMILES string of the molecule is COC(=O)c1ccc2[nH]cc(C3CCNCC3)c2c1. The predicted octanol–water partition coefficient (Wildman–Crippen LogP) is 2.42. The Morgan fingerprint density at radius 1 is 1.32 bits per heavy atom. The molecule has 19 heavy (non-hydrogen) atoms. The van der Waals surface area contributed by atoms with Crippen molar-refractivity contribution < 1.29 is 9.53 Å². The minimum atomic E-state index is -0.278. The zero-order valence-corrected chi connectivity index (χ0v) is 11.0. The monoisotopic (exact) mass is 258 g/mol. The summed E-state index contributed by atoms with van der Waals surface area (Å²) in [6.07, 6.45) is 4.38. The highest BCUT2D eigenvalue weighted by Gasteiger charge is 2.19. The Bertz CT molecular complexity index is 597. The second-order valence-corrected chi connectivity index (χ2v) is 5.02. The van der Waals surface area contributed by atoms with Gasteiger partial charge in [-0.05, 0) is 55.6 Å². The minimum absolute atomic E-state index is 0.278. The largest absolute Gasteiger partial charge is 0.465 e. The van der Waals surface area contributed by atoms with E-state index in [0.717, 1.165) is 36.8 Å². The second-order valence-electron chi connectivity index (χ2n) is 5.02. The lowest BCUT2D eigenvalue weighted by Gasteiger charge is -2.22. The Morgan fingerprint density at radius 3 is 2.84 bits per heavy atom. The van der Waals surface area contributed by atoms with E-state index < -0.39 is 0 Å². The second kappa shape index (κ2) is 5.05. The number of esters is 1. The van der Waals surface area contributed by atoms with Gasteiger partial charge in [-0.1, -0.05) is 0 Å². The molecule has 4 heteroatoms. The third-order valence-corrected chi connectivity index (χ3v) is 3.91. The Labute approximate surface area is 112 Å². The molecule has 0 radical (unpaired) electrons. The first-order valence-electron chi connectivity index (χ1n) is 6.69. The van der Waals surface area contributed by atoms with Crippen LogP contribution in [-0.4, -0.2) is 31.2 Å². The van der Waals surface area contributed by atoms with E-state index in [0.29, 0.717) is 11.5 Å². The number of rotatable bonds is 2. The molecule has 1 aromatic carbocycles. The van der Waals surface area contributed by atoms with Crippen molar-refractivity contribution in [3.8, 4) is 0 Å². The molecule has 2 N–H and O–H groups in total. The molecule has 2 heterocycles. The third-order valence-electron chi connectivity index (χ3n) is 3.91. The number of H-pyrrole nitrogens is 1. The molecule has 1 aliphatic heterocycles. The van der Waals surface area contributed by atoms with Gasteiger partial charge in [0.1, 0.15) is 0 Å². The van der Waals surface area contributed by atoms with E-state index in [1.807, 2.05) is 12.1 Å². The van der Waals surface area contributed by atoms with Crippen molar-refractivity contribution in [2.24, 2.45) is 0 Å². The smallest absolute Gasteiger partial charge is 0.337 e. The van der Waals surface area contributed by atoms with Crippen LogP contribution in [0.25, 0.3) is 10.9 Å². The van der Waals surface area contributed by atoms with Crippen LogP contribution in [-0.2, 0) is 4.74 Å². The third kappa shape index (κ3) is 2.24. The average Bonchev–Trinajstić information content (AvgIpc) is 2.90. The normalized spacial score (nSPS) is 16.7. The number of piperidine rings is 1. The quantitative estimate of drug-likeness (QED) is 0.813. The van der Waals surface area contributed by atoms with Gasteiger partial charge < -0.3 is 15.0 Å². The summed E-state index contributed by atoms with van der Waals surface area (Å²) in [4.78, 5) is 14.9. The van der Waals surface area contributed by atoms with Gasteiger partial charge in [-0.15, -0.1) is 0 Å². The first-order chi connectivity index (χ1) is 9.29. The van der Waals surface area contributed by atoms with Crippen LogP contribution in [0, 0.1) is 0 Å². The lowest BCUT2D eigenvalue weighted by Crippen LogP contribution is -2.26. The molecular formula is C15H18N2O2. The zero-order valence-electron chi connectivity index (χ0n) is 11.0. The molecule has 1 fully saturated rings. The fourth-order valence-corrected chi connectivity index (χ4v) is 2.86. The maximum atomic E-state index is 11.6. The Morgan fingerprint density at radius 2 is 2.11 bits per heavy atom. The molecule has 0 bridgehead atoms. The molecule has 0 saturated carbocycles. The number of ether oxygens (including phenoxy) is 1. The van der Waals surface area contributed by atoms with Crippen molar-refractivity contribution >= 4 is 16.9 Å². The van der Waals surface area contributed by atoms with E-state index in [4.69, 9.17) is 4.74 Å². The molecular weight excluding hydrogens is 240 g/mol. The maximum absolute atomic E-state index is 11.6. The number of nitrogens with one attached hydrogen (secondary N) is 2. The van der Waals surface area contributed by atoms with E-state index in [9.17, 15) is 4.79 Å². The van der Waals surface area contributed by atoms with Gasteiger partial charge in [-0.25, -0.2) is 4.79 Å². The summed E-state index contributed by atoms with van der Waals surface area (Å²) >= 11 is 0. The molecule has 0 unspecified atom stereocenters. The van der Waals surface area contributed by atoms with Crippen molar-refractivity contribution in [3.63, 3.8) is 0 Å². The van der Waals surface area contributed by atoms with Crippen LogP contribution in [0.3, 0.4) is 0 Å². The summed E-state index contributed by atoms with van der Waals surface area (Å²) < 4.78 is 4.79. The fourth-order valence-electron chi connectivity index (χ4n) is 2.86. The van der Waals surface area contributed by atoms with Crippen LogP contribution in [0.2, 0.25) is 0 Å². The molecule has 0 aliphatic carbocycles. The highest BCUT2D eigenvalue weighted by molar-refractivity contribution is 5.95. The Kier molecular flexibility index (Phi) is 3.25. The van der Waals surface area contributed by atoms with Crippen LogP contribution < -0.4 is 5.32 Å². The standard InChI is InChI=1S/C15H18N2O2/c1-19-15(18)11-2-3-14-12(8-11)13(9-17-14)10-4-6-16-7-5-10/h2-3,8-10,16-17H,4-7H2,1H3. The van der Waals surface area contributed by atoms with Gasteiger partial charge in [0.05, 0.1) is 12.7 Å².